The minimum atomic E-state index is -0.314. The third-order valence-corrected chi connectivity index (χ3v) is 4.22. The number of ether oxygens (including phenoxy) is 1. The lowest BCUT2D eigenvalue weighted by atomic mass is 10.3. The molecule has 0 radical (unpaired) electrons. The molecule has 3 aromatic rings. The summed E-state index contributed by atoms with van der Waals surface area (Å²) in [5, 5.41) is 10.4. The van der Waals surface area contributed by atoms with Gasteiger partial charge in [0.2, 0.25) is 17.7 Å². The van der Waals surface area contributed by atoms with Gasteiger partial charge in [-0.2, -0.15) is 10.1 Å². The van der Waals surface area contributed by atoms with Gasteiger partial charge in [0, 0.05) is 18.8 Å². The molecule has 144 valence electrons. The minimum absolute atomic E-state index is 0.186. The van der Waals surface area contributed by atoms with E-state index in [0.29, 0.717) is 17.4 Å². The zero-order valence-corrected chi connectivity index (χ0v) is 16.4. The Bertz CT molecular complexity index is 1050. The van der Waals surface area contributed by atoms with E-state index in [1.807, 2.05) is 20.9 Å². The molecule has 1 amide bonds. The number of aryl methyl sites for hydroxylation is 2. The third kappa shape index (κ3) is 4.29. The van der Waals surface area contributed by atoms with Gasteiger partial charge in [0.05, 0.1) is 23.3 Å². The van der Waals surface area contributed by atoms with Crippen LogP contribution < -0.4 is 15.4 Å². The first-order valence-electron chi connectivity index (χ1n) is 8.38. The summed E-state index contributed by atoms with van der Waals surface area (Å²) in [5.74, 6) is 0.661. The number of carbonyl (C=O) groups is 1. The van der Waals surface area contributed by atoms with Crippen LogP contribution in [0.25, 0.3) is 0 Å². The largest absolute Gasteiger partial charge is 0.437 e. The molecule has 0 aliphatic heterocycles. The van der Waals surface area contributed by atoms with E-state index in [4.69, 9.17) is 16.3 Å². The van der Waals surface area contributed by atoms with Crippen molar-refractivity contribution in [1.82, 2.24) is 19.7 Å². The fourth-order valence-electron chi connectivity index (χ4n) is 2.49. The number of hydrogen-bond donors (Lipinski definition) is 2. The van der Waals surface area contributed by atoms with Crippen molar-refractivity contribution in [3.05, 3.63) is 59.5 Å². The second kappa shape index (κ2) is 8.10. The van der Waals surface area contributed by atoms with Crippen LogP contribution in [0.5, 0.6) is 11.6 Å². The van der Waals surface area contributed by atoms with Gasteiger partial charge >= 0.3 is 0 Å². The van der Waals surface area contributed by atoms with Gasteiger partial charge in [-0.1, -0.05) is 24.2 Å². The van der Waals surface area contributed by atoms with Crippen molar-refractivity contribution in [3.8, 4) is 11.6 Å². The van der Waals surface area contributed by atoms with E-state index >= 15 is 0 Å². The van der Waals surface area contributed by atoms with Crippen LogP contribution in [0.15, 0.2) is 43.1 Å². The van der Waals surface area contributed by atoms with E-state index in [1.54, 1.807) is 28.9 Å². The summed E-state index contributed by atoms with van der Waals surface area (Å²) in [6.07, 6.45) is 2.64. The van der Waals surface area contributed by atoms with Gasteiger partial charge in [-0.3, -0.25) is 9.48 Å². The maximum Gasteiger partial charge on any atom is 0.247 e. The Kier molecular flexibility index (Phi) is 5.60. The molecule has 0 fully saturated rings. The summed E-state index contributed by atoms with van der Waals surface area (Å²) in [7, 11) is 1.86. The number of nitrogens with one attached hydrogen (secondary N) is 2. The summed E-state index contributed by atoms with van der Waals surface area (Å²) < 4.78 is 7.56. The molecular weight excluding hydrogens is 380 g/mol. The third-order valence-electron chi connectivity index (χ3n) is 3.96. The maximum atomic E-state index is 11.5. The zero-order valence-electron chi connectivity index (χ0n) is 15.7. The molecule has 28 heavy (non-hydrogen) atoms. The van der Waals surface area contributed by atoms with Crippen molar-refractivity contribution in [2.75, 3.05) is 10.6 Å². The van der Waals surface area contributed by atoms with Crippen molar-refractivity contribution >= 4 is 34.8 Å². The lowest BCUT2D eigenvalue weighted by molar-refractivity contribution is -0.111. The van der Waals surface area contributed by atoms with Gasteiger partial charge in [0.15, 0.2) is 0 Å². The molecule has 0 aliphatic rings. The lowest BCUT2D eigenvalue weighted by Crippen LogP contribution is -2.07. The number of benzene rings is 1. The number of nitrogens with zero attached hydrogens (tertiary/aromatic N) is 4. The first-order chi connectivity index (χ1) is 13.4. The Hall–Kier alpha value is -3.39. The number of anilines is 3. The molecule has 9 heteroatoms. The highest BCUT2D eigenvalue weighted by Crippen LogP contribution is 2.30. The number of carbonyl (C=O) groups excluding carboxylic acids is 1. The van der Waals surface area contributed by atoms with Crippen molar-refractivity contribution < 1.29 is 9.53 Å². The molecule has 8 nitrogen and oxygen atoms in total. The molecule has 0 saturated heterocycles. The lowest BCUT2D eigenvalue weighted by Gasteiger charge is -2.10. The van der Waals surface area contributed by atoms with Crippen LogP contribution in [0.3, 0.4) is 0 Å². The summed E-state index contributed by atoms with van der Waals surface area (Å²) in [6.45, 7) is 7.26. The fourth-order valence-corrected chi connectivity index (χ4v) is 2.62. The SMILES string of the molecule is C=CC(=O)Nc1cccc(Oc2nc(Nc3c(C)nn(C)c3C)ncc2Cl)c1. The van der Waals surface area contributed by atoms with E-state index in [-0.39, 0.29) is 16.8 Å². The van der Waals surface area contributed by atoms with Crippen LogP contribution in [0.4, 0.5) is 17.3 Å². The van der Waals surface area contributed by atoms with Gasteiger partial charge in [-0.15, -0.1) is 0 Å². The van der Waals surface area contributed by atoms with Crippen LogP contribution >= 0.6 is 11.6 Å². The van der Waals surface area contributed by atoms with E-state index < -0.39 is 0 Å². The summed E-state index contributed by atoms with van der Waals surface area (Å²) in [5.41, 5.74) is 3.16. The normalized spacial score (nSPS) is 10.4. The molecule has 2 aromatic heterocycles. The number of halogens is 1. The molecule has 2 N–H and O–H groups in total. The Morgan fingerprint density at radius 1 is 1.36 bits per heavy atom. The van der Waals surface area contributed by atoms with Crippen molar-refractivity contribution in [3.63, 3.8) is 0 Å². The van der Waals surface area contributed by atoms with E-state index in [0.717, 1.165) is 17.1 Å². The Morgan fingerprint density at radius 3 is 2.82 bits per heavy atom. The summed E-state index contributed by atoms with van der Waals surface area (Å²) in [4.78, 5) is 20.0. The molecule has 0 aliphatic carbocycles. The highest BCUT2D eigenvalue weighted by molar-refractivity contribution is 6.31. The fraction of sp³-hybridized carbons (Fsp3) is 0.158. The number of amides is 1. The van der Waals surface area contributed by atoms with Crippen LogP contribution in [0.1, 0.15) is 11.4 Å². The summed E-state index contributed by atoms with van der Waals surface area (Å²) >= 11 is 6.19. The monoisotopic (exact) mass is 398 g/mol. The molecule has 0 atom stereocenters. The molecule has 0 saturated carbocycles. The van der Waals surface area contributed by atoms with Gasteiger partial charge in [0.25, 0.3) is 0 Å². The standard InChI is InChI=1S/C19H19ClN6O2/c1-5-16(27)22-13-7-6-8-14(9-13)28-18-15(20)10-21-19(24-18)23-17-11(2)25-26(4)12(17)3/h5-10H,1H2,2-4H3,(H,22,27)(H,21,23,24). The quantitative estimate of drug-likeness (QED) is 0.606. The van der Waals surface area contributed by atoms with Crippen LogP contribution in [-0.2, 0) is 11.8 Å². The zero-order chi connectivity index (χ0) is 20.3. The smallest absolute Gasteiger partial charge is 0.247 e. The van der Waals surface area contributed by atoms with Crippen LogP contribution in [0, 0.1) is 13.8 Å². The van der Waals surface area contributed by atoms with Crippen molar-refractivity contribution in [2.24, 2.45) is 7.05 Å². The van der Waals surface area contributed by atoms with Crippen LogP contribution in [0.2, 0.25) is 5.02 Å². The molecule has 0 spiro atoms. The molecule has 0 bridgehead atoms. The molecular formula is C19H19ClN6O2. The maximum absolute atomic E-state index is 11.5. The van der Waals surface area contributed by atoms with Crippen LogP contribution in [-0.4, -0.2) is 25.7 Å². The summed E-state index contributed by atoms with van der Waals surface area (Å²) in [6, 6.07) is 6.86. The molecule has 1 aromatic carbocycles. The van der Waals surface area contributed by atoms with Crippen molar-refractivity contribution in [1.29, 1.82) is 0 Å². The molecule has 0 unspecified atom stereocenters. The minimum Gasteiger partial charge on any atom is -0.437 e. The van der Waals surface area contributed by atoms with Crippen molar-refractivity contribution in [2.45, 2.75) is 13.8 Å². The number of aromatic nitrogens is 4. The number of rotatable bonds is 6. The Labute approximate surface area is 167 Å². The first-order valence-corrected chi connectivity index (χ1v) is 8.76. The topological polar surface area (TPSA) is 94.0 Å². The van der Waals surface area contributed by atoms with E-state index in [2.05, 4.69) is 32.3 Å². The van der Waals surface area contributed by atoms with Gasteiger partial charge in [-0.25, -0.2) is 4.98 Å². The predicted octanol–water partition coefficient (Wildman–Crippen LogP) is 4.14. The van der Waals surface area contributed by atoms with E-state index in [9.17, 15) is 4.79 Å². The van der Waals surface area contributed by atoms with Gasteiger partial charge in [0.1, 0.15) is 10.8 Å². The molecule has 3 rings (SSSR count). The Balaban J connectivity index is 1.83. The number of hydrogen-bond acceptors (Lipinski definition) is 6. The second-order valence-corrected chi connectivity index (χ2v) is 6.37. The first kappa shape index (κ1) is 19.4. The predicted molar refractivity (Wildman–Crippen MR) is 108 cm³/mol. The van der Waals surface area contributed by atoms with E-state index in [1.165, 1.54) is 12.3 Å². The highest BCUT2D eigenvalue weighted by atomic mass is 35.5. The average Bonchev–Trinajstić information content (AvgIpc) is 2.90. The second-order valence-electron chi connectivity index (χ2n) is 5.96. The average molecular weight is 399 g/mol. The highest BCUT2D eigenvalue weighted by Gasteiger charge is 2.13. The van der Waals surface area contributed by atoms with Gasteiger partial charge < -0.3 is 15.4 Å². The van der Waals surface area contributed by atoms with Gasteiger partial charge in [-0.05, 0) is 32.1 Å². The Morgan fingerprint density at radius 2 is 2.14 bits per heavy atom. The molecule has 2 heterocycles.